The molecule has 0 unspecified atom stereocenters. The molecular formula is C18H20BrN3O. The lowest BCUT2D eigenvalue weighted by molar-refractivity contribution is -0.120. The molecule has 1 amide bonds. The summed E-state index contributed by atoms with van der Waals surface area (Å²) in [6.07, 6.45) is 4.74. The van der Waals surface area contributed by atoms with Gasteiger partial charge in [0.05, 0.1) is 6.42 Å². The summed E-state index contributed by atoms with van der Waals surface area (Å²) in [5, 5.41) is 2.95. The Morgan fingerprint density at radius 2 is 1.78 bits per heavy atom. The number of benzene rings is 1. The molecule has 0 bridgehead atoms. The van der Waals surface area contributed by atoms with Crippen molar-refractivity contribution < 1.29 is 4.79 Å². The zero-order chi connectivity index (χ0) is 16.1. The highest BCUT2D eigenvalue weighted by molar-refractivity contribution is 9.10. The van der Waals surface area contributed by atoms with Gasteiger partial charge in [0.2, 0.25) is 5.91 Å². The molecule has 2 aromatic rings. The molecule has 1 aromatic carbocycles. The second kappa shape index (κ2) is 7.59. The highest BCUT2D eigenvalue weighted by atomic mass is 79.9. The van der Waals surface area contributed by atoms with E-state index in [1.165, 1.54) is 12.8 Å². The molecule has 0 aliphatic carbocycles. The van der Waals surface area contributed by atoms with Crippen molar-refractivity contribution in [3.05, 3.63) is 58.2 Å². The third-order valence-electron chi connectivity index (χ3n) is 4.01. The summed E-state index contributed by atoms with van der Waals surface area (Å²) in [6.45, 7) is 2.70. The standard InChI is InChI=1S/C18H20BrN3O/c19-16-6-3-14(4-7-16)11-18(23)21-13-15-5-8-17(20-12-15)22-9-1-2-10-22/h3-8,12H,1-2,9-11,13H2,(H,21,23). The largest absolute Gasteiger partial charge is 0.357 e. The molecule has 0 radical (unpaired) electrons. The van der Waals surface area contributed by atoms with Gasteiger partial charge in [0.1, 0.15) is 5.82 Å². The van der Waals surface area contributed by atoms with Crippen molar-refractivity contribution in [2.75, 3.05) is 18.0 Å². The highest BCUT2D eigenvalue weighted by Gasteiger charge is 2.13. The average Bonchev–Trinajstić information content (AvgIpc) is 3.10. The lowest BCUT2D eigenvalue weighted by Crippen LogP contribution is -2.24. The lowest BCUT2D eigenvalue weighted by atomic mass is 10.1. The van der Waals surface area contributed by atoms with Crippen LogP contribution in [0, 0.1) is 0 Å². The predicted molar refractivity (Wildman–Crippen MR) is 95.4 cm³/mol. The number of halogens is 1. The average molecular weight is 374 g/mol. The van der Waals surface area contributed by atoms with E-state index in [4.69, 9.17) is 0 Å². The number of carbonyl (C=O) groups excluding carboxylic acids is 1. The van der Waals surface area contributed by atoms with Crippen LogP contribution in [0.5, 0.6) is 0 Å². The van der Waals surface area contributed by atoms with E-state index in [0.29, 0.717) is 13.0 Å². The number of pyridine rings is 1. The molecule has 2 heterocycles. The van der Waals surface area contributed by atoms with E-state index in [2.05, 4.69) is 31.1 Å². The molecule has 1 saturated heterocycles. The van der Waals surface area contributed by atoms with E-state index in [1.807, 2.05) is 42.6 Å². The zero-order valence-electron chi connectivity index (χ0n) is 13.0. The molecule has 0 atom stereocenters. The van der Waals surface area contributed by atoms with Gasteiger partial charge in [-0.1, -0.05) is 34.1 Å². The second-order valence-electron chi connectivity index (χ2n) is 5.80. The summed E-state index contributed by atoms with van der Waals surface area (Å²) in [4.78, 5) is 18.8. The fraction of sp³-hybridized carbons (Fsp3) is 0.333. The molecule has 1 fully saturated rings. The van der Waals surface area contributed by atoms with Gasteiger partial charge in [-0.25, -0.2) is 4.98 Å². The number of hydrogen-bond acceptors (Lipinski definition) is 3. The quantitative estimate of drug-likeness (QED) is 0.874. The van der Waals surface area contributed by atoms with Crippen molar-refractivity contribution in [1.82, 2.24) is 10.3 Å². The van der Waals surface area contributed by atoms with E-state index in [0.717, 1.165) is 34.5 Å². The Kier molecular flexibility index (Phi) is 5.28. The van der Waals surface area contributed by atoms with Gasteiger partial charge >= 0.3 is 0 Å². The Labute approximate surface area is 145 Å². The maximum atomic E-state index is 12.0. The lowest BCUT2D eigenvalue weighted by Gasteiger charge is -2.16. The van der Waals surface area contributed by atoms with Crippen LogP contribution in [0.15, 0.2) is 47.1 Å². The Morgan fingerprint density at radius 1 is 1.09 bits per heavy atom. The number of anilines is 1. The normalized spacial score (nSPS) is 14.0. The summed E-state index contributed by atoms with van der Waals surface area (Å²) in [5.41, 5.74) is 2.03. The first-order valence-corrected chi connectivity index (χ1v) is 8.71. The molecule has 120 valence electrons. The maximum Gasteiger partial charge on any atom is 0.224 e. The Balaban J connectivity index is 1.49. The van der Waals surface area contributed by atoms with Crippen molar-refractivity contribution in [1.29, 1.82) is 0 Å². The molecule has 3 rings (SSSR count). The number of rotatable bonds is 5. The second-order valence-corrected chi connectivity index (χ2v) is 6.71. The van der Waals surface area contributed by atoms with Crippen molar-refractivity contribution in [3.8, 4) is 0 Å². The number of nitrogens with one attached hydrogen (secondary N) is 1. The van der Waals surface area contributed by atoms with Crippen molar-refractivity contribution in [2.24, 2.45) is 0 Å². The molecule has 1 aromatic heterocycles. The van der Waals surface area contributed by atoms with Gasteiger partial charge in [0.25, 0.3) is 0 Å². The smallest absolute Gasteiger partial charge is 0.224 e. The maximum absolute atomic E-state index is 12.0. The van der Waals surface area contributed by atoms with E-state index in [-0.39, 0.29) is 5.91 Å². The highest BCUT2D eigenvalue weighted by Crippen LogP contribution is 2.17. The summed E-state index contributed by atoms with van der Waals surface area (Å²) >= 11 is 3.39. The van der Waals surface area contributed by atoms with Crippen molar-refractivity contribution in [2.45, 2.75) is 25.8 Å². The fourth-order valence-electron chi connectivity index (χ4n) is 2.71. The third kappa shape index (κ3) is 4.55. The first-order chi connectivity index (χ1) is 11.2. The number of hydrogen-bond donors (Lipinski definition) is 1. The first-order valence-electron chi connectivity index (χ1n) is 7.92. The van der Waals surface area contributed by atoms with Gasteiger partial charge in [-0.3, -0.25) is 4.79 Å². The van der Waals surface area contributed by atoms with Gasteiger partial charge in [-0.2, -0.15) is 0 Å². The molecule has 5 heteroatoms. The van der Waals surface area contributed by atoms with Crippen LogP contribution in [0.4, 0.5) is 5.82 Å². The minimum absolute atomic E-state index is 0.0240. The van der Waals surface area contributed by atoms with Crippen LogP contribution in [-0.4, -0.2) is 24.0 Å². The van der Waals surface area contributed by atoms with Gasteiger partial charge in [0.15, 0.2) is 0 Å². The zero-order valence-corrected chi connectivity index (χ0v) is 14.6. The van der Waals surface area contributed by atoms with E-state index >= 15 is 0 Å². The third-order valence-corrected chi connectivity index (χ3v) is 4.54. The molecule has 23 heavy (non-hydrogen) atoms. The summed E-state index contributed by atoms with van der Waals surface area (Å²) < 4.78 is 1.02. The van der Waals surface area contributed by atoms with Crippen LogP contribution in [-0.2, 0) is 17.8 Å². The Hall–Kier alpha value is -1.88. The monoisotopic (exact) mass is 373 g/mol. The van der Waals surface area contributed by atoms with Crippen molar-refractivity contribution >= 4 is 27.7 Å². The summed E-state index contributed by atoms with van der Waals surface area (Å²) in [7, 11) is 0. The molecular weight excluding hydrogens is 354 g/mol. The summed E-state index contributed by atoms with van der Waals surface area (Å²) in [5.74, 6) is 1.06. The van der Waals surface area contributed by atoms with E-state index in [9.17, 15) is 4.79 Å². The van der Waals surface area contributed by atoms with Gasteiger partial charge < -0.3 is 10.2 Å². The first kappa shape index (κ1) is 16.0. The predicted octanol–water partition coefficient (Wildman–Crippen LogP) is 3.30. The number of carbonyl (C=O) groups is 1. The van der Waals surface area contributed by atoms with Crippen LogP contribution < -0.4 is 10.2 Å². The molecule has 4 nitrogen and oxygen atoms in total. The van der Waals surface area contributed by atoms with E-state index in [1.54, 1.807) is 0 Å². The number of nitrogens with zero attached hydrogens (tertiary/aromatic N) is 2. The number of amides is 1. The van der Waals surface area contributed by atoms with Gasteiger partial charge in [0, 0.05) is 30.3 Å². The minimum atomic E-state index is 0.0240. The van der Waals surface area contributed by atoms with Gasteiger partial charge in [-0.05, 0) is 42.2 Å². The minimum Gasteiger partial charge on any atom is -0.357 e. The molecule has 1 aliphatic rings. The van der Waals surface area contributed by atoms with Crippen LogP contribution >= 0.6 is 15.9 Å². The molecule has 0 saturated carbocycles. The summed E-state index contributed by atoms with van der Waals surface area (Å²) in [6, 6.07) is 11.9. The topological polar surface area (TPSA) is 45.2 Å². The van der Waals surface area contributed by atoms with Gasteiger partial charge in [-0.15, -0.1) is 0 Å². The molecule has 1 N–H and O–H groups in total. The van der Waals surface area contributed by atoms with Crippen LogP contribution in [0.2, 0.25) is 0 Å². The molecule has 1 aliphatic heterocycles. The van der Waals surface area contributed by atoms with Crippen LogP contribution in [0.25, 0.3) is 0 Å². The van der Waals surface area contributed by atoms with E-state index < -0.39 is 0 Å². The molecule has 0 spiro atoms. The number of aromatic nitrogens is 1. The van der Waals surface area contributed by atoms with Crippen LogP contribution in [0.1, 0.15) is 24.0 Å². The fourth-order valence-corrected chi connectivity index (χ4v) is 2.97. The van der Waals surface area contributed by atoms with Crippen LogP contribution in [0.3, 0.4) is 0 Å². The Bertz CT molecular complexity index is 649. The van der Waals surface area contributed by atoms with Crippen molar-refractivity contribution in [3.63, 3.8) is 0 Å². The SMILES string of the molecule is O=C(Cc1ccc(Br)cc1)NCc1ccc(N2CCCC2)nc1. The Morgan fingerprint density at radius 3 is 2.43 bits per heavy atom.